The minimum absolute atomic E-state index is 0.0399. The lowest BCUT2D eigenvalue weighted by atomic mass is 10.2. The summed E-state index contributed by atoms with van der Waals surface area (Å²) in [4.78, 5) is 19.1. The summed E-state index contributed by atoms with van der Waals surface area (Å²) in [5.74, 6) is 0.354. The highest BCUT2D eigenvalue weighted by molar-refractivity contribution is 5.76. The summed E-state index contributed by atoms with van der Waals surface area (Å²) < 4.78 is 4.78. The van der Waals surface area contributed by atoms with E-state index in [-0.39, 0.29) is 5.75 Å². The average Bonchev–Trinajstić information content (AvgIpc) is 2.20. The number of phenolic OH excluding ortho intramolecular Hbond substituents is 1. The second-order valence-corrected chi connectivity index (χ2v) is 2.28. The second-order valence-electron chi connectivity index (χ2n) is 2.28. The number of rotatable bonds is 2. The normalized spacial score (nSPS) is 8.14. The third-order valence-corrected chi connectivity index (χ3v) is 1.34. The standard InChI is InChI=1S/C8H8O3.C2H4O/c1-11-8-4-6(5-9)2-3-7(8)10;1-2-3/h2-5,10H,1H3;2H,1H3. The molecule has 14 heavy (non-hydrogen) atoms. The lowest BCUT2D eigenvalue weighted by Gasteiger charge is -2.01. The quantitative estimate of drug-likeness (QED) is 0.726. The summed E-state index contributed by atoms with van der Waals surface area (Å²) in [6.45, 7) is 1.44. The molecule has 1 aromatic rings. The van der Waals surface area contributed by atoms with Gasteiger partial charge in [0.25, 0.3) is 0 Å². The van der Waals surface area contributed by atoms with Gasteiger partial charge < -0.3 is 14.6 Å². The SMILES string of the molecule is CC=O.COc1cc(C=O)ccc1O. The van der Waals surface area contributed by atoms with E-state index in [9.17, 15) is 4.79 Å². The molecular formula is C10H12O4. The smallest absolute Gasteiger partial charge is 0.161 e. The van der Waals surface area contributed by atoms with Crippen LogP contribution in [-0.2, 0) is 4.79 Å². The van der Waals surface area contributed by atoms with Gasteiger partial charge in [0, 0.05) is 5.56 Å². The number of hydrogen-bond acceptors (Lipinski definition) is 4. The van der Waals surface area contributed by atoms with Crippen molar-refractivity contribution in [2.75, 3.05) is 7.11 Å². The Labute approximate surface area is 82.1 Å². The molecule has 1 rings (SSSR count). The van der Waals surface area contributed by atoms with Gasteiger partial charge in [0.1, 0.15) is 12.6 Å². The fourth-order valence-corrected chi connectivity index (χ4v) is 0.768. The Hall–Kier alpha value is -1.84. The van der Waals surface area contributed by atoms with Crippen LogP contribution >= 0.6 is 0 Å². The molecule has 0 atom stereocenters. The van der Waals surface area contributed by atoms with Crippen molar-refractivity contribution < 1.29 is 19.4 Å². The van der Waals surface area contributed by atoms with Crippen LogP contribution in [0, 0.1) is 0 Å². The number of benzene rings is 1. The van der Waals surface area contributed by atoms with Crippen molar-refractivity contribution in [3.05, 3.63) is 23.8 Å². The lowest BCUT2D eigenvalue weighted by Crippen LogP contribution is -1.85. The zero-order chi connectivity index (χ0) is 11.0. The van der Waals surface area contributed by atoms with Gasteiger partial charge in [0.2, 0.25) is 0 Å². The monoisotopic (exact) mass is 196 g/mol. The van der Waals surface area contributed by atoms with Crippen LogP contribution in [0.5, 0.6) is 11.5 Å². The molecule has 0 unspecified atom stereocenters. The molecule has 4 nitrogen and oxygen atoms in total. The molecule has 0 radical (unpaired) electrons. The first-order valence-electron chi connectivity index (χ1n) is 3.91. The van der Waals surface area contributed by atoms with Gasteiger partial charge in [-0.05, 0) is 25.1 Å². The summed E-state index contributed by atoms with van der Waals surface area (Å²) in [6.07, 6.45) is 1.45. The molecule has 4 heteroatoms. The average molecular weight is 196 g/mol. The van der Waals surface area contributed by atoms with E-state index in [0.29, 0.717) is 17.6 Å². The fourth-order valence-electron chi connectivity index (χ4n) is 0.768. The van der Waals surface area contributed by atoms with Crippen LogP contribution in [0.3, 0.4) is 0 Å². The second kappa shape index (κ2) is 6.65. The van der Waals surface area contributed by atoms with E-state index in [1.807, 2.05) is 0 Å². The topological polar surface area (TPSA) is 63.6 Å². The van der Waals surface area contributed by atoms with Crippen LogP contribution in [0.2, 0.25) is 0 Å². The van der Waals surface area contributed by atoms with Gasteiger partial charge >= 0.3 is 0 Å². The number of hydrogen-bond donors (Lipinski definition) is 1. The minimum Gasteiger partial charge on any atom is -0.504 e. The number of carbonyl (C=O) groups excluding carboxylic acids is 2. The molecule has 0 aliphatic heterocycles. The maximum atomic E-state index is 10.2. The Kier molecular flexibility index (Phi) is 5.78. The number of methoxy groups -OCH3 is 1. The van der Waals surface area contributed by atoms with Gasteiger partial charge in [-0.1, -0.05) is 0 Å². The first kappa shape index (κ1) is 12.2. The molecule has 0 fully saturated rings. The molecule has 0 saturated heterocycles. The summed E-state index contributed by atoms with van der Waals surface area (Å²) in [5, 5.41) is 9.09. The van der Waals surface area contributed by atoms with E-state index < -0.39 is 0 Å². The molecular weight excluding hydrogens is 184 g/mol. The Morgan fingerprint density at radius 3 is 2.36 bits per heavy atom. The van der Waals surface area contributed by atoms with E-state index in [2.05, 4.69) is 0 Å². The van der Waals surface area contributed by atoms with Gasteiger partial charge in [-0.25, -0.2) is 0 Å². The maximum absolute atomic E-state index is 10.2. The molecule has 0 heterocycles. The summed E-state index contributed by atoms with van der Waals surface area (Å²) >= 11 is 0. The van der Waals surface area contributed by atoms with Gasteiger partial charge in [0.05, 0.1) is 7.11 Å². The Morgan fingerprint density at radius 1 is 1.36 bits per heavy atom. The highest BCUT2D eigenvalue weighted by Gasteiger charge is 2.00. The molecule has 0 aliphatic carbocycles. The van der Waals surface area contributed by atoms with Crippen LogP contribution in [-0.4, -0.2) is 24.8 Å². The van der Waals surface area contributed by atoms with E-state index in [1.165, 1.54) is 32.2 Å². The molecule has 0 aliphatic rings. The zero-order valence-electron chi connectivity index (χ0n) is 8.06. The number of aldehydes is 2. The van der Waals surface area contributed by atoms with Crippen LogP contribution < -0.4 is 4.74 Å². The van der Waals surface area contributed by atoms with E-state index in [0.717, 1.165) is 6.29 Å². The fraction of sp³-hybridized carbons (Fsp3) is 0.200. The molecule has 0 aromatic heterocycles. The minimum atomic E-state index is 0.0399. The summed E-state index contributed by atoms with van der Waals surface area (Å²) in [6, 6.07) is 4.41. The van der Waals surface area contributed by atoms with Crippen LogP contribution in [0.4, 0.5) is 0 Å². The molecule has 0 spiro atoms. The van der Waals surface area contributed by atoms with E-state index >= 15 is 0 Å². The molecule has 1 N–H and O–H groups in total. The summed E-state index contributed by atoms with van der Waals surface area (Å²) in [5.41, 5.74) is 0.486. The van der Waals surface area contributed by atoms with Gasteiger partial charge in [0.15, 0.2) is 11.5 Å². The van der Waals surface area contributed by atoms with E-state index in [1.54, 1.807) is 0 Å². The van der Waals surface area contributed by atoms with Crippen LogP contribution in [0.25, 0.3) is 0 Å². The number of carbonyl (C=O) groups is 2. The molecule has 1 aromatic carbocycles. The van der Waals surface area contributed by atoms with Crippen molar-refractivity contribution in [1.82, 2.24) is 0 Å². The van der Waals surface area contributed by atoms with Crippen molar-refractivity contribution in [2.24, 2.45) is 0 Å². The van der Waals surface area contributed by atoms with Crippen molar-refractivity contribution in [2.45, 2.75) is 6.92 Å². The van der Waals surface area contributed by atoms with Crippen molar-refractivity contribution in [3.63, 3.8) is 0 Å². The zero-order valence-corrected chi connectivity index (χ0v) is 8.06. The third kappa shape index (κ3) is 3.71. The Bertz CT molecular complexity index is 307. The van der Waals surface area contributed by atoms with Gasteiger partial charge in [-0.3, -0.25) is 4.79 Å². The van der Waals surface area contributed by atoms with Crippen molar-refractivity contribution in [3.8, 4) is 11.5 Å². The highest BCUT2D eigenvalue weighted by atomic mass is 16.5. The molecule has 0 bridgehead atoms. The first-order chi connectivity index (χ1) is 6.69. The first-order valence-corrected chi connectivity index (χ1v) is 3.91. The number of phenols is 1. The van der Waals surface area contributed by atoms with Crippen LogP contribution in [0.1, 0.15) is 17.3 Å². The predicted octanol–water partition coefficient (Wildman–Crippen LogP) is 1.42. The Morgan fingerprint density at radius 2 is 1.93 bits per heavy atom. The Balaban J connectivity index is 0.000000500. The van der Waals surface area contributed by atoms with Crippen LogP contribution in [0.15, 0.2) is 18.2 Å². The predicted molar refractivity (Wildman–Crippen MR) is 51.8 cm³/mol. The van der Waals surface area contributed by atoms with Gasteiger partial charge in [-0.2, -0.15) is 0 Å². The lowest BCUT2D eigenvalue weighted by molar-refractivity contribution is -0.106. The maximum Gasteiger partial charge on any atom is 0.161 e. The summed E-state index contributed by atoms with van der Waals surface area (Å²) in [7, 11) is 1.43. The van der Waals surface area contributed by atoms with Gasteiger partial charge in [-0.15, -0.1) is 0 Å². The number of aromatic hydroxyl groups is 1. The molecule has 76 valence electrons. The number of ether oxygens (including phenoxy) is 1. The van der Waals surface area contributed by atoms with Crippen molar-refractivity contribution in [1.29, 1.82) is 0 Å². The van der Waals surface area contributed by atoms with Crippen molar-refractivity contribution >= 4 is 12.6 Å². The highest BCUT2D eigenvalue weighted by Crippen LogP contribution is 2.25. The third-order valence-electron chi connectivity index (χ3n) is 1.34. The molecule has 0 amide bonds. The van der Waals surface area contributed by atoms with E-state index in [4.69, 9.17) is 14.6 Å². The largest absolute Gasteiger partial charge is 0.504 e. The molecule has 0 saturated carbocycles.